The molecule has 0 amide bonds. The first-order valence-corrected chi connectivity index (χ1v) is 5.66. The van der Waals surface area contributed by atoms with Crippen LogP contribution in [0.5, 0.6) is 0 Å². The third kappa shape index (κ3) is 4.07. The first-order chi connectivity index (χ1) is 7.09. The average molecular weight is 218 g/mol. The molecule has 4 heteroatoms. The third-order valence-electron chi connectivity index (χ3n) is 2.58. The van der Waals surface area contributed by atoms with Crippen molar-refractivity contribution in [2.24, 2.45) is 0 Å². The van der Waals surface area contributed by atoms with Crippen molar-refractivity contribution in [1.29, 1.82) is 0 Å². The lowest BCUT2D eigenvalue weighted by molar-refractivity contribution is -0.147. The highest BCUT2D eigenvalue weighted by Crippen LogP contribution is 2.32. The standard InChI is InChI=1S/C11H22O4/c1-11(2)14-9(5-3-7-12)10(15-11)6-4-8-13/h9-10,12-13H,3-8H2,1-2H3/t9-,10-/m0/s1. The minimum atomic E-state index is -0.528. The summed E-state index contributed by atoms with van der Waals surface area (Å²) in [6.45, 7) is 4.18. The molecule has 1 rings (SSSR count). The normalized spacial score (nSPS) is 29.6. The SMILES string of the molecule is CC1(C)O[C@@H](CCCO)[C@H](CCCO)O1. The predicted molar refractivity (Wildman–Crippen MR) is 56.5 cm³/mol. The number of aliphatic hydroxyl groups is 2. The minimum absolute atomic E-state index is 0.0544. The van der Waals surface area contributed by atoms with Crippen molar-refractivity contribution in [1.82, 2.24) is 0 Å². The molecular weight excluding hydrogens is 196 g/mol. The number of rotatable bonds is 6. The molecule has 1 aliphatic rings. The van der Waals surface area contributed by atoms with Gasteiger partial charge in [-0.15, -0.1) is 0 Å². The van der Waals surface area contributed by atoms with Gasteiger partial charge in [0.25, 0.3) is 0 Å². The molecule has 1 heterocycles. The maximum Gasteiger partial charge on any atom is 0.163 e. The second-order valence-corrected chi connectivity index (χ2v) is 4.44. The summed E-state index contributed by atoms with van der Waals surface area (Å²) in [6.07, 6.45) is 3.21. The Morgan fingerprint density at radius 1 is 0.933 bits per heavy atom. The summed E-state index contributed by atoms with van der Waals surface area (Å²) in [7, 11) is 0. The predicted octanol–water partition coefficient (Wildman–Crippen LogP) is 1.05. The largest absolute Gasteiger partial charge is 0.396 e. The van der Waals surface area contributed by atoms with E-state index in [9.17, 15) is 0 Å². The Morgan fingerprint density at radius 2 is 1.33 bits per heavy atom. The van der Waals surface area contributed by atoms with E-state index in [4.69, 9.17) is 19.7 Å². The molecular formula is C11H22O4. The molecule has 0 aromatic rings. The molecule has 0 aromatic heterocycles. The van der Waals surface area contributed by atoms with Gasteiger partial charge < -0.3 is 19.7 Å². The van der Waals surface area contributed by atoms with Gasteiger partial charge >= 0.3 is 0 Å². The fraction of sp³-hybridized carbons (Fsp3) is 1.00. The number of ether oxygens (including phenoxy) is 2. The molecule has 0 unspecified atom stereocenters. The minimum Gasteiger partial charge on any atom is -0.396 e. The van der Waals surface area contributed by atoms with Crippen molar-refractivity contribution in [3.05, 3.63) is 0 Å². The first kappa shape index (κ1) is 12.9. The second kappa shape index (κ2) is 5.80. The van der Waals surface area contributed by atoms with Crippen molar-refractivity contribution < 1.29 is 19.7 Å². The average Bonchev–Trinajstić information content (AvgIpc) is 2.47. The van der Waals surface area contributed by atoms with Crippen molar-refractivity contribution >= 4 is 0 Å². The Kier molecular flexibility index (Phi) is 4.99. The van der Waals surface area contributed by atoms with E-state index in [-0.39, 0.29) is 25.4 Å². The zero-order valence-electron chi connectivity index (χ0n) is 9.61. The van der Waals surface area contributed by atoms with E-state index < -0.39 is 5.79 Å². The van der Waals surface area contributed by atoms with E-state index in [0.29, 0.717) is 0 Å². The Labute approximate surface area is 91.2 Å². The van der Waals surface area contributed by atoms with Crippen LogP contribution in [0.1, 0.15) is 39.5 Å². The Morgan fingerprint density at radius 3 is 1.67 bits per heavy atom. The van der Waals surface area contributed by atoms with Crippen molar-refractivity contribution in [3.8, 4) is 0 Å². The fourth-order valence-corrected chi connectivity index (χ4v) is 1.98. The topological polar surface area (TPSA) is 58.9 Å². The monoisotopic (exact) mass is 218 g/mol. The molecule has 2 atom stereocenters. The first-order valence-electron chi connectivity index (χ1n) is 5.66. The van der Waals surface area contributed by atoms with Gasteiger partial charge in [0, 0.05) is 13.2 Å². The zero-order chi connectivity index (χ0) is 11.3. The van der Waals surface area contributed by atoms with Gasteiger partial charge in [-0.05, 0) is 39.5 Å². The number of hydrogen-bond acceptors (Lipinski definition) is 4. The second-order valence-electron chi connectivity index (χ2n) is 4.44. The molecule has 0 spiro atoms. The van der Waals surface area contributed by atoms with Gasteiger partial charge in [-0.1, -0.05) is 0 Å². The summed E-state index contributed by atoms with van der Waals surface area (Å²) in [5.41, 5.74) is 0. The van der Waals surface area contributed by atoms with Gasteiger partial charge in [0.05, 0.1) is 12.2 Å². The highest BCUT2D eigenvalue weighted by Gasteiger charge is 2.40. The van der Waals surface area contributed by atoms with E-state index in [0.717, 1.165) is 25.7 Å². The van der Waals surface area contributed by atoms with Crippen molar-refractivity contribution in [2.75, 3.05) is 13.2 Å². The van der Waals surface area contributed by atoms with Gasteiger partial charge in [0.2, 0.25) is 0 Å². The van der Waals surface area contributed by atoms with Gasteiger partial charge in [-0.2, -0.15) is 0 Å². The van der Waals surface area contributed by atoms with E-state index in [1.54, 1.807) is 0 Å². The van der Waals surface area contributed by atoms with Crippen LogP contribution in [0.2, 0.25) is 0 Å². The Hall–Kier alpha value is -0.160. The molecule has 0 aromatic carbocycles. The highest BCUT2D eigenvalue weighted by molar-refractivity contribution is 4.81. The van der Waals surface area contributed by atoms with Gasteiger partial charge in [-0.3, -0.25) is 0 Å². The number of aliphatic hydroxyl groups excluding tert-OH is 2. The molecule has 0 radical (unpaired) electrons. The summed E-state index contributed by atoms with van der Waals surface area (Å²) >= 11 is 0. The van der Waals surface area contributed by atoms with Crippen LogP contribution in [-0.2, 0) is 9.47 Å². The van der Waals surface area contributed by atoms with Gasteiger partial charge in [0.1, 0.15) is 0 Å². The molecule has 90 valence electrons. The van der Waals surface area contributed by atoms with Crippen LogP contribution in [0.3, 0.4) is 0 Å². The third-order valence-corrected chi connectivity index (χ3v) is 2.58. The summed E-state index contributed by atoms with van der Waals surface area (Å²) in [4.78, 5) is 0. The van der Waals surface area contributed by atoms with Crippen LogP contribution < -0.4 is 0 Å². The smallest absolute Gasteiger partial charge is 0.163 e. The molecule has 0 aliphatic carbocycles. The maximum atomic E-state index is 8.78. The molecule has 0 saturated carbocycles. The van der Waals surface area contributed by atoms with E-state index in [2.05, 4.69) is 0 Å². The van der Waals surface area contributed by atoms with Crippen LogP contribution in [0, 0.1) is 0 Å². The number of hydrogen-bond donors (Lipinski definition) is 2. The maximum absolute atomic E-state index is 8.78. The van der Waals surface area contributed by atoms with E-state index >= 15 is 0 Å². The molecule has 1 fully saturated rings. The molecule has 4 nitrogen and oxygen atoms in total. The van der Waals surface area contributed by atoms with Crippen LogP contribution in [-0.4, -0.2) is 41.4 Å². The summed E-state index contributed by atoms with van der Waals surface area (Å²) in [5, 5.41) is 17.6. The fourth-order valence-electron chi connectivity index (χ4n) is 1.98. The van der Waals surface area contributed by atoms with E-state index in [1.807, 2.05) is 13.8 Å². The zero-order valence-corrected chi connectivity index (χ0v) is 9.61. The molecule has 0 bridgehead atoms. The molecule has 15 heavy (non-hydrogen) atoms. The molecule has 2 N–H and O–H groups in total. The molecule has 1 aliphatic heterocycles. The van der Waals surface area contributed by atoms with E-state index in [1.165, 1.54) is 0 Å². The van der Waals surface area contributed by atoms with Crippen LogP contribution in [0.25, 0.3) is 0 Å². The van der Waals surface area contributed by atoms with Crippen LogP contribution in [0.15, 0.2) is 0 Å². The lowest BCUT2D eigenvalue weighted by Crippen LogP contribution is -2.23. The summed E-state index contributed by atoms with van der Waals surface area (Å²) in [5.74, 6) is -0.528. The molecule has 1 saturated heterocycles. The van der Waals surface area contributed by atoms with Gasteiger partial charge in [0.15, 0.2) is 5.79 Å². The Bertz CT molecular complexity index is 163. The lowest BCUT2D eigenvalue weighted by atomic mass is 10.0. The van der Waals surface area contributed by atoms with Crippen LogP contribution in [0.4, 0.5) is 0 Å². The Balaban J connectivity index is 2.42. The quantitative estimate of drug-likeness (QED) is 0.699. The van der Waals surface area contributed by atoms with Crippen molar-refractivity contribution in [2.45, 2.75) is 57.5 Å². The van der Waals surface area contributed by atoms with Crippen molar-refractivity contribution in [3.63, 3.8) is 0 Å². The van der Waals surface area contributed by atoms with Gasteiger partial charge in [-0.25, -0.2) is 0 Å². The summed E-state index contributed by atoms with van der Waals surface area (Å²) < 4.78 is 11.5. The summed E-state index contributed by atoms with van der Waals surface area (Å²) in [6, 6.07) is 0. The highest BCUT2D eigenvalue weighted by atomic mass is 16.7. The van der Waals surface area contributed by atoms with Crippen LogP contribution >= 0.6 is 0 Å². The lowest BCUT2D eigenvalue weighted by Gasteiger charge is -2.16.